The van der Waals surface area contributed by atoms with Gasteiger partial charge in [-0.25, -0.2) is 4.79 Å². The number of ether oxygens (including phenoxy) is 2. The lowest BCUT2D eigenvalue weighted by molar-refractivity contribution is -0.385. The molecule has 0 bridgehead atoms. The molecule has 0 saturated carbocycles. The van der Waals surface area contributed by atoms with Crippen molar-refractivity contribution in [1.82, 2.24) is 0 Å². The molecular formula is C11H8F2N2O5. The van der Waals surface area contributed by atoms with Crippen LogP contribution in [0.15, 0.2) is 12.1 Å². The van der Waals surface area contributed by atoms with Crippen LogP contribution in [0.5, 0.6) is 5.75 Å². The van der Waals surface area contributed by atoms with Gasteiger partial charge in [-0.3, -0.25) is 10.1 Å². The number of nitro benzene ring substituents is 1. The Hall–Kier alpha value is -2.76. The number of benzene rings is 1. The first-order chi connectivity index (χ1) is 9.40. The molecule has 9 heteroatoms. The summed E-state index contributed by atoms with van der Waals surface area (Å²) in [5, 5.41) is 19.5. The van der Waals surface area contributed by atoms with Crippen molar-refractivity contribution >= 4 is 11.7 Å². The smallest absolute Gasteiger partial charge is 0.387 e. The minimum absolute atomic E-state index is 0.0548. The number of hydrogen-bond acceptors (Lipinski definition) is 6. The van der Waals surface area contributed by atoms with E-state index in [2.05, 4.69) is 9.47 Å². The molecule has 7 nitrogen and oxygen atoms in total. The number of rotatable bonds is 5. The minimum Gasteiger partial charge on any atom is -0.462 e. The lowest BCUT2D eigenvalue weighted by Gasteiger charge is -2.10. The third-order valence-electron chi connectivity index (χ3n) is 2.13. The summed E-state index contributed by atoms with van der Waals surface area (Å²) in [5.41, 5.74) is -1.74. The molecule has 0 aliphatic rings. The van der Waals surface area contributed by atoms with Crippen molar-refractivity contribution < 1.29 is 28.0 Å². The molecule has 0 heterocycles. The molecule has 0 N–H and O–H groups in total. The van der Waals surface area contributed by atoms with Crippen molar-refractivity contribution in [1.29, 1.82) is 5.26 Å². The first-order valence-electron chi connectivity index (χ1n) is 5.25. The van der Waals surface area contributed by atoms with Crippen molar-refractivity contribution in [3.05, 3.63) is 33.4 Å². The number of nitriles is 1. The minimum atomic E-state index is -3.25. The van der Waals surface area contributed by atoms with Crippen LogP contribution in [0.3, 0.4) is 0 Å². The van der Waals surface area contributed by atoms with Gasteiger partial charge < -0.3 is 9.47 Å². The van der Waals surface area contributed by atoms with Crippen LogP contribution in [-0.2, 0) is 4.74 Å². The summed E-state index contributed by atoms with van der Waals surface area (Å²) in [4.78, 5) is 21.4. The summed E-state index contributed by atoms with van der Waals surface area (Å²) in [7, 11) is 0. The van der Waals surface area contributed by atoms with Crippen LogP contribution in [0.25, 0.3) is 0 Å². The molecule has 1 aromatic rings. The van der Waals surface area contributed by atoms with E-state index >= 15 is 0 Å². The molecule has 20 heavy (non-hydrogen) atoms. The fourth-order valence-electron chi connectivity index (χ4n) is 1.37. The number of carbonyl (C=O) groups excluding carboxylic acids is 1. The van der Waals surface area contributed by atoms with Gasteiger partial charge in [0.25, 0.3) is 5.69 Å². The topological polar surface area (TPSA) is 102 Å². The van der Waals surface area contributed by atoms with Crippen LogP contribution in [0, 0.1) is 21.4 Å². The summed E-state index contributed by atoms with van der Waals surface area (Å²) in [6.07, 6.45) is 0. The van der Waals surface area contributed by atoms with Crippen molar-refractivity contribution in [2.75, 3.05) is 6.61 Å². The zero-order valence-electron chi connectivity index (χ0n) is 10.1. The summed E-state index contributed by atoms with van der Waals surface area (Å²) in [5.74, 6) is -1.71. The molecule has 0 radical (unpaired) electrons. The molecule has 0 aliphatic heterocycles. The van der Waals surface area contributed by atoms with Crippen LogP contribution >= 0.6 is 0 Å². The number of esters is 1. The first kappa shape index (κ1) is 15.3. The van der Waals surface area contributed by atoms with E-state index in [0.717, 1.165) is 0 Å². The number of hydrogen-bond donors (Lipinski definition) is 0. The molecule has 0 aliphatic carbocycles. The lowest BCUT2D eigenvalue weighted by atomic mass is 10.1. The lowest BCUT2D eigenvalue weighted by Crippen LogP contribution is -2.12. The van der Waals surface area contributed by atoms with Gasteiger partial charge in [0.1, 0.15) is 22.9 Å². The van der Waals surface area contributed by atoms with E-state index in [4.69, 9.17) is 5.26 Å². The SMILES string of the molecule is CCOC(=O)c1cc([N+](=O)[O-])c(C#N)cc1OC(F)F. The predicted molar refractivity (Wildman–Crippen MR) is 60.4 cm³/mol. The van der Waals surface area contributed by atoms with Gasteiger partial charge in [-0.05, 0) is 6.92 Å². The van der Waals surface area contributed by atoms with Gasteiger partial charge in [0.15, 0.2) is 0 Å². The van der Waals surface area contributed by atoms with E-state index in [-0.39, 0.29) is 6.61 Å². The second-order valence-electron chi connectivity index (χ2n) is 3.33. The summed E-state index contributed by atoms with van der Waals surface area (Å²) in [6, 6.07) is 2.85. The average molecular weight is 286 g/mol. The van der Waals surface area contributed by atoms with Gasteiger partial charge in [0.05, 0.1) is 11.5 Å². The van der Waals surface area contributed by atoms with E-state index in [1.54, 1.807) is 0 Å². The highest BCUT2D eigenvalue weighted by atomic mass is 19.3. The van der Waals surface area contributed by atoms with E-state index < -0.39 is 40.1 Å². The van der Waals surface area contributed by atoms with Crippen LogP contribution < -0.4 is 4.74 Å². The average Bonchev–Trinajstić information content (AvgIpc) is 2.37. The van der Waals surface area contributed by atoms with E-state index in [0.29, 0.717) is 12.1 Å². The molecule has 0 aromatic heterocycles. The number of nitrogens with zero attached hydrogens (tertiary/aromatic N) is 2. The Kier molecular flexibility index (Phi) is 4.91. The van der Waals surface area contributed by atoms with Crippen LogP contribution in [-0.4, -0.2) is 24.1 Å². The second kappa shape index (κ2) is 6.42. The van der Waals surface area contributed by atoms with Gasteiger partial charge >= 0.3 is 12.6 Å². The van der Waals surface area contributed by atoms with Gasteiger partial charge in [-0.2, -0.15) is 14.0 Å². The molecule has 0 fully saturated rings. The molecule has 0 amide bonds. The molecular weight excluding hydrogens is 278 g/mol. The van der Waals surface area contributed by atoms with Crippen molar-refractivity contribution in [2.45, 2.75) is 13.5 Å². The zero-order chi connectivity index (χ0) is 15.3. The zero-order valence-corrected chi connectivity index (χ0v) is 10.1. The number of alkyl halides is 2. The Morgan fingerprint density at radius 3 is 2.65 bits per heavy atom. The summed E-state index contributed by atoms with van der Waals surface area (Å²) < 4.78 is 33.2. The molecule has 106 valence electrons. The van der Waals surface area contributed by atoms with Crippen LogP contribution in [0.1, 0.15) is 22.8 Å². The maximum atomic E-state index is 12.3. The Balaban J connectivity index is 3.44. The quantitative estimate of drug-likeness (QED) is 0.467. The molecule has 0 unspecified atom stereocenters. The first-order valence-corrected chi connectivity index (χ1v) is 5.25. The Morgan fingerprint density at radius 1 is 1.55 bits per heavy atom. The van der Waals surface area contributed by atoms with Crippen molar-refractivity contribution in [3.63, 3.8) is 0 Å². The van der Waals surface area contributed by atoms with Crippen LogP contribution in [0.4, 0.5) is 14.5 Å². The Morgan fingerprint density at radius 2 is 2.20 bits per heavy atom. The van der Waals surface area contributed by atoms with Gasteiger partial charge in [-0.1, -0.05) is 0 Å². The Labute approximate surface area is 111 Å². The predicted octanol–water partition coefficient (Wildman–Crippen LogP) is 2.24. The van der Waals surface area contributed by atoms with Crippen molar-refractivity contribution in [3.8, 4) is 11.8 Å². The van der Waals surface area contributed by atoms with E-state index in [9.17, 15) is 23.7 Å². The molecule has 0 saturated heterocycles. The number of nitro groups is 1. The van der Waals surface area contributed by atoms with Gasteiger partial charge in [-0.15, -0.1) is 0 Å². The highest BCUT2D eigenvalue weighted by molar-refractivity contribution is 5.94. The largest absolute Gasteiger partial charge is 0.462 e. The molecule has 1 aromatic carbocycles. The van der Waals surface area contributed by atoms with Crippen molar-refractivity contribution in [2.24, 2.45) is 0 Å². The van der Waals surface area contributed by atoms with Crippen LogP contribution in [0.2, 0.25) is 0 Å². The molecule has 0 spiro atoms. The van der Waals surface area contributed by atoms with E-state index in [1.165, 1.54) is 13.0 Å². The summed E-state index contributed by atoms with van der Waals surface area (Å²) in [6.45, 7) is -1.83. The number of carbonyl (C=O) groups is 1. The third kappa shape index (κ3) is 3.38. The van der Waals surface area contributed by atoms with E-state index in [1.807, 2.05) is 0 Å². The fourth-order valence-corrected chi connectivity index (χ4v) is 1.37. The standard InChI is InChI=1S/C11H8F2N2O5/c1-2-19-10(16)7-4-8(15(17)18)6(5-14)3-9(7)20-11(12)13/h3-4,11H,2H2,1H3. The van der Waals surface area contributed by atoms with Gasteiger partial charge in [0, 0.05) is 12.1 Å². The third-order valence-corrected chi connectivity index (χ3v) is 2.13. The highest BCUT2D eigenvalue weighted by Gasteiger charge is 2.25. The normalized spacial score (nSPS) is 9.95. The van der Waals surface area contributed by atoms with Gasteiger partial charge in [0.2, 0.25) is 0 Å². The maximum Gasteiger partial charge on any atom is 0.387 e. The maximum absolute atomic E-state index is 12.3. The second-order valence-corrected chi connectivity index (χ2v) is 3.33. The monoisotopic (exact) mass is 286 g/mol. The summed E-state index contributed by atoms with van der Waals surface area (Å²) >= 11 is 0. The molecule has 0 atom stereocenters. The Bertz CT molecular complexity index is 583. The molecule has 1 rings (SSSR count). The highest BCUT2D eigenvalue weighted by Crippen LogP contribution is 2.30. The number of halogens is 2. The fraction of sp³-hybridized carbons (Fsp3) is 0.273.